The first kappa shape index (κ1) is 7.92. The Balaban J connectivity index is 2.18. The highest BCUT2D eigenvalue weighted by atomic mass is 79.9. The molecule has 0 saturated heterocycles. The average molecular weight is 229 g/mol. The molecular formula is C9H9BrO2. The van der Waals surface area contributed by atoms with Crippen molar-refractivity contribution in [3.63, 3.8) is 0 Å². The van der Waals surface area contributed by atoms with Gasteiger partial charge in [-0.05, 0) is 25.0 Å². The average Bonchev–Trinajstić information content (AvgIpc) is 2.68. The number of rotatable bonds is 2. The summed E-state index contributed by atoms with van der Waals surface area (Å²) in [7, 11) is 0. The Hall–Kier alpha value is -0.700. The summed E-state index contributed by atoms with van der Waals surface area (Å²) in [5, 5.41) is 9.22. The van der Waals surface area contributed by atoms with Gasteiger partial charge in [-0.15, -0.1) is 0 Å². The van der Waals surface area contributed by atoms with Crippen LogP contribution in [0.25, 0.3) is 0 Å². The summed E-state index contributed by atoms with van der Waals surface area (Å²) in [6.07, 6.45) is 2.64. The molecule has 1 aromatic carbocycles. The molecule has 0 heterocycles. The Morgan fingerprint density at radius 1 is 1.33 bits per heavy atom. The lowest BCUT2D eigenvalue weighted by atomic mass is 10.3. The van der Waals surface area contributed by atoms with Crippen molar-refractivity contribution >= 4 is 15.9 Å². The van der Waals surface area contributed by atoms with Crippen molar-refractivity contribution in [1.29, 1.82) is 0 Å². The van der Waals surface area contributed by atoms with E-state index in [9.17, 15) is 5.11 Å². The molecule has 12 heavy (non-hydrogen) atoms. The van der Waals surface area contributed by atoms with Gasteiger partial charge in [0.1, 0.15) is 11.5 Å². The molecule has 0 unspecified atom stereocenters. The van der Waals surface area contributed by atoms with Crippen molar-refractivity contribution in [2.75, 3.05) is 0 Å². The van der Waals surface area contributed by atoms with E-state index in [0.717, 1.165) is 23.1 Å². The van der Waals surface area contributed by atoms with Crippen LogP contribution in [-0.2, 0) is 0 Å². The van der Waals surface area contributed by atoms with Gasteiger partial charge in [0.15, 0.2) is 0 Å². The molecule has 1 aromatic rings. The minimum absolute atomic E-state index is 0.236. The monoisotopic (exact) mass is 228 g/mol. The maximum atomic E-state index is 9.22. The first-order valence-electron chi connectivity index (χ1n) is 3.90. The van der Waals surface area contributed by atoms with Crippen LogP contribution in [0.1, 0.15) is 12.8 Å². The van der Waals surface area contributed by atoms with Gasteiger partial charge in [0.05, 0.1) is 6.10 Å². The molecule has 2 rings (SSSR count). The van der Waals surface area contributed by atoms with Gasteiger partial charge in [-0.2, -0.15) is 0 Å². The molecule has 0 atom stereocenters. The molecule has 1 fully saturated rings. The summed E-state index contributed by atoms with van der Waals surface area (Å²) in [4.78, 5) is 0. The number of hydrogen-bond donors (Lipinski definition) is 1. The fraction of sp³-hybridized carbons (Fsp3) is 0.333. The van der Waals surface area contributed by atoms with Gasteiger partial charge in [-0.25, -0.2) is 0 Å². The lowest BCUT2D eigenvalue weighted by molar-refractivity contribution is 0.301. The molecule has 0 bridgehead atoms. The minimum Gasteiger partial charge on any atom is -0.508 e. The highest BCUT2D eigenvalue weighted by Crippen LogP contribution is 2.31. The molecule has 0 amide bonds. The zero-order valence-corrected chi connectivity index (χ0v) is 8.04. The third kappa shape index (κ3) is 1.91. The molecule has 0 spiro atoms. The molecule has 2 nitrogen and oxygen atoms in total. The number of phenols is 1. The zero-order valence-electron chi connectivity index (χ0n) is 6.46. The SMILES string of the molecule is Oc1cc(Br)cc(OC2CC2)c1. The maximum absolute atomic E-state index is 9.22. The number of hydrogen-bond acceptors (Lipinski definition) is 2. The van der Waals surface area contributed by atoms with Crippen LogP contribution >= 0.6 is 15.9 Å². The van der Waals surface area contributed by atoms with Gasteiger partial charge in [0.25, 0.3) is 0 Å². The number of aromatic hydroxyl groups is 1. The predicted octanol–water partition coefficient (Wildman–Crippen LogP) is 2.70. The van der Waals surface area contributed by atoms with E-state index in [1.165, 1.54) is 0 Å². The molecule has 0 aliphatic heterocycles. The van der Waals surface area contributed by atoms with Crippen LogP contribution in [0.2, 0.25) is 0 Å². The normalized spacial score (nSPS) is 16.1. The van der Waals surface area contributed by atoms with Crippen LogP contribution < -0.4 is 4.74 Å². The Labute approximate surface area is 79.3 Å². The standard InChI is InChI=1S/C9H9BrO2/c10-6-3-7(11)5-9(4-6)12-8-1-2-8/h3-5,8,11H,1-2H2. The topological polar surface area (TPSA) is 29.5 Å². The highest BCUT2D eigenvalue weighted by molar-refractivity contribution is 9.10. The van der Waals surface area contributed by atoms with Gasteiger partial charge in [-0.1, -0.05) is 15.9 Å². The highest BCUT2D eigenvalue weighted by Gasteiger charge is 2.23. The molecule has 0 radical (unpaired) electrons. The second kappa shape index (κ2) is 2.98. The number of benzene rings is 1. The summed E-state index contributed by atoms with van der Waals surface area (Å²) in [5.74, 6) is 0.976. The van der Waals surface area contributed by atoms with Crippen molar-refractivity contribution in [2.45, 2.75) is 18.9 Å². The van der Waals surface area contributed by atoms with Crippen LogP contribution in [-0.4, -0.2) is 11.2 Å². The van der Waals surface area contributed by atoms with E-state index < -0.39 is 0 Å². The van der Waals surface area contributed by atoms with Crippen molar-refractivity contribution in [2.24, 2.45) is 0 Å². The van der Waals surface area contributed by atoms with Gasteiger partial charge >= 0.3 is 0 Å². The zero-order chi connectivity index (χ0) is 8.55. The lowest BCUT2D eigenvalue weighted by Crippen LogP contribution is -1.95. The Kier molecular flexibility index (Phi) is 1.97. The Morgan fingerprint density at radius 2 is 2.08 bits per heavy atom. The van der Waals surface area contributed by atoms with Crippen LogP contribution in [0, 0.1) is 0 Å². The first-order valence-corrected chi connectivity index (χ1v) is 4.69. The number of halogens is 1. The largest absolute Gasteiger partial charge is 0.508 e. The lowest BCUT2D eigenvalue weighted by Gasteiger charge is -2.04. The third-order valence-electron chi connectivity index (χ3n) is 1.68. The van der Waals surface area contributed by atoms with E-state index in [1.807, 2.05) is 6.07 Å². The van der Waals surface area contributed by atoms with Crippen LogP contribution in [0.5, 0.6) is 11.5 Å². The number of phenolic OH excluding ortho intramolecular Hbond substituents is 1. The van der Waals surface area contributed by atoms with Gasteiger partial charge < -0.3 is 9.84 Å². The quantitative estimate of drug-likeness (QED) is 0.844. The van der Waals surface area contributed by atoms with Crippen molar-refractivity contribution < 1.29 is 9.84 Å². The van der Waals surface area contributed by atoms with Gasteiger partial charge in [0, 0.05) is 10.5 Å². The minimum atomic E-state index is 0.236. The molecule has 1 N–H and O–H groups in total. The molecule has 1 aliphatic carbocycles. The molecule has 1 aliphatic rings. The van der Waals surface area contributed by atoms with E-state index in [-0.39, 0.29) is 5.75 Å². The molecule has 64 valence electrons. The predicted molar refractivity (Wildman–Crippen MR) is 49.5 cm³/mol. The third-order valence-corrected chi connectivity index (χ3v) is 2.14. The molecule has 3 heteroatoms. The molecule has 1 saturated carbocycles. The second-order valence-corrected chi connectivity index (χ2v) is 3.88. The van der Waals surface area contributed by atoms with Crippen molar-refractivity contribution in [3.8, 4) is 11.5 Å². The Bertz CT molecular complexity index is 274. The smallest absolute Gasteiger partial charge is 0.124 e. The fourth-order valence-electron chi connectivity index (χ4n) is 0.994. The molecule has 0 aromatic heterocycles. The van der Waals surface area contributed by atoms with Crippen LogP contribution in [0.3, 0.4) is 0 Å². The van der Waals surface area contributed by atoms with Gasteiger partial charge in [-0.3, -0.25) is 0 Å². The summed E-state index contributed by atoms with van der Waals surface area (Å²) in [5.41, 5.74) is 0. The second-order valence-electron chi connectivity index (χ2n) is 2.96. The maximum Gasteiger partial charge on any atom is 0.124 e. The van der Waals surface area contributed by atoms with Crippen LogP contribution in [0.15, 0.2) is 22.7 Å². The van der Waals surface area contributed by atoms with Crippen molar-refractivity contribution in [1.82, 2.24) is 0 Å². The first-order chi connectivity index (χ1) is 5.74. The summed E-state index contributed by atoms with van der Waals surface area (Å²) in [6, 6.07) is 5.13. The van der Waals surface area contributed by atoms with E-state index in [0.29, 0.717) is 6.10 Å². The summed E-state index contributed by atoms with van der Waals surface area (Å²) in [6.45, 7) is 0. The van der Waals surface area contributed by atoms with Gasteiger partial charge in [0.2, 0.25) is 0 Å². The number of ether oxygens (including phenoxy) is 1. The van der Waals surface area contributed by atoms with E-state index in [2.05, 4.69) is 15.9 Å². The van der Waals surface area contributed by atoms with Crippen molar-refractivity contribution in [3.05, 3.63) is 22.7 Å². The summed E-state index contributed by atoms with van der Waals surface area (Å²) < 4.78 is 6.34. The van der Waals surface area contributed by atoms with E-state index in [1.54, 1.807) is 12.1 Å². The fourth-order valence-corrected chi connectivity index (χ4v) is 1.45. The van der Waals surface area contributed by atoms with E-state index in [4.69, 9.17) is 4.74 Å². The summed E-state index contributed by atoms with van der Waals surface area (Å²) >= 11 is 3.28. The van der Waals surface area contributed by atoms with Crippen LogP contribution in [0.4, 0.5) is 0 Å². The molecular weight excluding hydrogens is 220 g/mol. The van der Waals surface area contributed by atoms with E-state index >= 15 is 0 Å². The Morgan fingerprint density at radius 3 is 2.67 bits per heavy atom.